The lowest BCUT2D eigenvalue weighted by molar-refractivity contribution is 0.0792. The van der Waals surface area contributed by atoms with Gasteiger partial charge in [-0.3, -0.25) is 14.6 Å². The summed E-state index contributed by atoms with van der Waals surface area (Å²) in [5, 5.41) is 2.67. The number of halogens is 5. The summed E-state index contributed by atoms with van der Waals surface area (Å²) in [4.78, 5) is 33.8. The zero-order valence-corrected chi connectivity index (χ0v) is 24.0. The van der Waals surface area contributed by atoms with Crippen molar-refractivity contribution in [3.8, 4) is 11.1 Å². The molecular weight excluding hydrogens is 578 g/mol. The molecule has 3 N–H and O–H groups in total. The van der Waals surface area contributed by atoms with Crippen LogP contribution in [0.2, 0.25) is 0 Å². The molecule has 0 spiro atoms. The summed E-state index contributed by atoms with van der Waals surface area (Å²) in [5.41, 5.74) is 5.73. The fourth-order valence-corrected chi connectivity index (χ4v) is 5.47. The van der Waals surface area contributed by atoms with Gasteiger partial charge in [0.05, 0.1) is 28.7 Å². The van der Waals surface area contributed by atoms with Gasteiger partial charge in [-0.15, -0.1) is 24.8 Å². The van der Waals surface area contributed by atoms with Gasteiger partial charge in [-0.2, -0.15) is 0 Å². The van der Waals surface area contributed by atoms with Crippen molar-refractivity contribution >= 4 is 48.0 Å². The smallest absolute Gasteiger partial charge is 0.258 e. The molecule has 41 heavy (non-hydrogen) atoms. The van der Waals surface area contributed by atoms with E-state index in [1.165, 1.54) is 12.3 Å². The van der Waals surface area contributed by atoms with Crippen LogP contribution >= 0.6 is 24.8 Å². The number of hydrogen-bond acceptors (Lipinski definition) is 5. The molecular formula is C29H32Cl2F3N5O2. The molecule has 7 nitrogen and oxygen atoms in total. The van der Waals surface area contributed by atoms with Gasteiger partial charge in [-0.1, -0.05) is 6.92 Å². The second-order valence-electron chi connectivity index (χ2n) is 10.3. The molecule has 2 fully saturated rings. The number of nitrogens with two attached hydrogens (primary N) is 1. The van der Waals surface area contributed by atoms with Crippen molar-refractivity contribution in [3.63, 3.8) is 0 Å². The minimum Gasteiger partial charge on any atom is -0.368 e. The first-order valence-electron chi connectivity index (χ1n) is 13.1. The van der Waals surface area contributed by atoms with E-state index in [4.69, 9.17) is 5.73 Å². The maximum atomic E-state index is 15.7. The minimum atomic E-state index is -1.23. The van der Waals surface area contributed by atoms with Gasteiger partial charge in [-0.25, -0.2) is 13.2 Å². The predicted molar refractivity (Wildman–Crippen MR) is 158 cm³/mol. The molecule has 2 aliphatic heterocycles. The second-order valence-corrected chi connectivity index (χ2v) is 10.3. The van der Waals surface area contributed by atoms with Gasteiger partial charge in [0.15, 0.2) is 0 Å². The molecule has 3 heterocycles. The van der Waals surface area contributed by atoms with E-state index in [0.29, 0.717) is 36.9 Å². The van der Waals surface area contributed by atoms with Gasteiger partial charge < -0.3 is 20.9 Å². The number of benzene rings is 2. The molecule has 1 aromatic heterocycles. The Hall–Kier alpha value is -3.34. The summed E-state index contributed by atoms with van der Waals surface area (Å²) in [5.74, 6) is -4.02. The van der Waals surface area contributed by atoms with Gasteiger partial charge in [0.25, 0.3) is 11.8 Å². The quantitative estimate of drug-likeness (QED) is 0.389. The van der Waals surface area contributed by atoms with Crippen LogP contribution in [-0.4, -0.2) is 53.9 Å². The van der Waals surface area contributed by atoms with E-state index in [9.17, 15) is 18.4 Å². The fourth-order valence-electron chi connectivity index (χ4n) is 5.47. The number of nitrogens with one attached hydrogen (secondary N) is 1. The maximum absolute atomic E-state index is 15.7. The van der Waals surface area contributed by atoms with Crippen molar-refractivity contribution in [2.75, 3.05) is 36.4 Å². The van der Waals surface area contributed by atoms with Crippen molar-refractivity contribution in [1.29, 1.82) is 0 Å². The standard InChI is InChI=1S/C29H30F3N5O2.2ClH/c1-17-12-19(33)16-37(15-17)25-8-9-34-14-24(25)35-28(38)20-5-7-23(31)26(27(20)32)21-13-18(4-6-22(21)30)29(39)36-10-2-3-11-36;;/h4-9,13-14,17,19H,2-3,10-12,15-16,33H2,1H3,(H,35,38);2*1H/t17-,19+;;/m1../s1. The lowest BCUT2D eigenvalue weighted by Crippen LogP contribution is -2.46. The number of nitrogens with zero attached hydrogens (tertiary/aromatic N) is 3. The largest absolute Gasteiger partial charge is 0.368 e. The Morgan fingerprint density at radius 1 is 1.00 bits per heavy atom. The normalized spacial score (nSPS) is 18.4. The molecule has 2 saturated heterocycles. The molecule has 0 unspecified atom stereocenters. The molecule has 0 aliphatic carbocycles. The van der Waals surface area contributed by atoms with Gasteiger partial charge >= 0.3 is 0 Å². The Labute approximate surface area is 249 Å². The average Bonchev–Trinajstić information content (AvgIpc) is 3.44. The molecule has 2 aromatic carbocycles. The van der Waals surface area contributed by atoms with Crippen LogP contribution < -0.4 is 16.0 Å². The van der Waals surface area contributed by atoms with E-state index < -0.39 is 40.0 Å². The van der Waals surface area contributed by atoms with Crippen LogP contribution in [0.25, 0.3) is 11.1 Å². The van der Waals surface area contributed by atoms with E-state index in [1.807, 2.05) is 4.90 Å². The van der Waals surface area contributed by atoms with Gasteiger partial charge in [-0.05, 0) is 61.6 Å². The number of hydrogen-bond donors (Lipinski definition) is 2. The van der Waals surface area contributed by atoms with E-state index >= 15 is 4.39 Å². The molecule has 0 bridgehead atoms. The van der Waals surface area contributed by atoms with Crippen molar-refractivity contribution in [3.05, 3.63) is 77.4 Å². The molecule has 5 rings (SSSR count). The van der Waals surface area contributed by atoms with Crippen LogP contribution in [0.1, 0.15) is 46.9 Å². The van der Waals surface area contributed by atoms with Crippen LogP contribution in [0.3, 0.4) is 0 Å². The maximum Gasteiger partial charge on any atom is 0.258 e. The summed E-state index contributed by atoms with van der Waals surface area (Å²) < 4.78 is 45.6. The number of aromatic nitrogens is 1. The first kappa shape index (κ1) is 32.2. The van der Waals surface area contributed by atoms with E-state index in [2.05, 4.69) is 17.2 Å². The van der Waals surface area contributed by atoms with Crippen LogP contribution in [0, 0.1) is 23.4 Å². The molecule has 0 radical (unpaired) electrons. The van der Waals surface area contributed by atoms with Crippen molar-refractivity contribution in [2.45, 2.75) is 32.2 Å². The lowest BCUT2D eigenvalue weighted by Gasteiger charge is -2.37. The average molecular weight is 611 g/mol. The minimum absolute atomic E-state index is 0. The number of carbonyl (C=O) groups excluding carboxylic acids is 2. The summed E-state index contributed by atoms with van der Waals surface area (Å²) in [7, 11) is 0. The monoisotopic (exact) mass is 609 g/mol. The third kappa shape index (κ3) is 6.77. The van der Waals surface area contributed by atoms with Gasteiger partial charge in [0, 0.05) is 49.5 Å². The Morgan fingerprint density at radius 3 is 2.41 bits per heavy atom. The number of anilines is 2. The zero-order chi connectivity index (χ0) is 27.7. The summed E-state index contributed by atoms with van der Waals surface area (Å²) in [6, 6.07) is 7.07. The highest BCUT2D eigenvalue weighted by atomic mass is 35.5. The third-order valence-electron chi connectivity index (χ3n) is 7.29. The Balaban J connectivity index is 0.00000231. The Kier molecular flexibility index (Phi) is 10.6. The highest BCUT2D eigenvalue weighted by Gasteiger charge is 2.27. The zero-order valence-electron chi connectivity index (χ0n) is 22.4. The molecule has 0 saturated carbocycles. The number of rotatable bonds is 5. The van der Waals surface area contributed by atoms with Gasteiger partial charge in [0.2, 0.25) is 0 Å². The van der Waals surface area contributed by atoms with E-state index in [1.54, 1.807) is 17.2 Å². The van der Waals surface area contributed by atoms with Crippen LogP contribution in [0.5, 0.6) is 0 Å². The summed E-state index contributed by atoms with van der Waals surface area (Å²) >= 11 is 0. The highest BCUT2D eigenvalue weighted by Crippen LogP contribution is 2.33. The number of piperidine rings is 1. The van der Waals surface area contributed by atoms with Crippen LogP contribution in [0.15, 0.2) is 48.8 Å². The Morgan fingerprint density at radius 2 is 1.71 bits per heavy atom. The molecule has 220 valence electrons. The SMILES string of the molecule is C[C@@H]1C[C@H](N)CN(c2ccncc2NC(=O)c2ccc(F)c(-c3cc(C(=O)N4CCCC4)ccc3F)c2F)C1.Cl.Cl. The predicted octanol–water partition coefficient (Wildman–Crippen LogP) is 5.67. The number of likely N-dealkylation sites (tertiary alicyclic amines) is 1. The number of carbonyl (C=O) groups is 2. The molecule has 2 atom stereocenters. The number of amides is 2. The van der Waals surface area contributed by atoms with Crippen LogP contribution in [-0.2, 0) is 0 Å². The van der Waals surface area contributed by atoms with E-state index in [0.717, 1.165) is 50.1 Å². The van der Waals surface area contributed by atoms with Crippen molar-refractivity contribution in [2.24, 2.45) is 11.7 Å². The summed E-state index contributed by atoms with van der Waals surface area (Å²) in [6.07, 6.45) is 5.65. The topological polar surface area (TPSA) is 91.6 Å². The number of pyridine rings is 1. The molecule has 2 aliphatic rings. The molecule has 3 aromatic rings. The van der Waals surface area contributed by atoms with Crippen molar-refractivity contribution < 1.29 is 22.8 Å². The van der Waals surface area contributed by atoms with Crippen molar-refractivity contribution in [1.82, 2.24) is 9.88 Å². The highest BCUT2D eigenvalue weighted by molar-refractivity contribution is 6.07. The lowest BCUT2D eigenvalue weighted by atomic mass is 9.96. The summed E-state index contributed by atoms with van der Waals surface area (Å²) in [6.45, 7) is 4.54. The van der Waals surface area contributed by atoms with E-state index in [-0.39, 0.29) is 42.3 Å². The fraction of sp³-hybridized carbons (Fsp3) is 0.345. The van der Waals surface area contributed by atoms with Crippen LogP contribution in [0.4, 0.5) is 24.5 Å². The molecule has 2 amide bonds. The Bertz CT molecular complexity index is 1410. The van der Waals surface area contributed by atoms with Gasteiger partial charge in [0.1, 0.15) is 17.5 Å². The first-order valence-corrected chi connectivity index (χ1v) is 13.1. The first-order chi connectivity index (χ1) is 18.7. The third-order valence-corrected chi connectivity index (χ3v) is 7.29. The molecule has 12 heteroatoms. The second kappa shape index (κ2) is 13.5.